The van der Waals surface area contributed by atoms with Crippen LogP contribution in [0.5, 0.6) is 0 Å². The fourth-order valence-corrected chi connectivity index (χ4v) is 4.23. The van der Waals surface area contributed by atoms with Gasteiger partial charge in [0.05, 0.1) is 0 Å². The van der Waals surface area contributed by atoms with Gasteiger partial charge in [-0.25, -0.2) is 0 Å². The Balaban J connectivity index is 1.70. The van der Waals surface area contributed by atoms with Crippen LogP contribution in [0.1, 0.15) is 45.2 Å². The Morgan fingerprint density at radius 3 is 2.64 bits per heavy atom. The maximum absolute atomic E-state index is 12.6. The van der Waals surface area contributed by atoms with Gasteiger partial charge in [0.1, 0.15) is 0 Å². The van der Waals surface area contributed by atoms with Gasteiger partial charge in [0.2, 0.25) is 5.91 Å². The zero-order valence-electron chi connectivity index (χ0n) is 16.2. The lowest BCUT2D eigenvalue weighted by atomic mass is 10.0. The smallest absolute Gasteiger partial charge is 0.227 e. The Kier molecular flexibility index (Phi) is 5.80. The molecule has 1 amide bonds. The van der Waals surface area contributed by atoms with E-state index in [1.54, 1.807) is 0 Å². The first-order valence-electron chi connectivity index (χ1n) is 9.84. The summed E-state index contributed by atoms with van der Waals surface area (Å²) in [4.78, 5) is 17.2. The summed E-state index contributed by atoms with van der Waals surface area (Å²) in [6.07, 6.45) is 2.70. The molecule has 1 N–H and O–H groups in total. The van der Waals surface area contributed by atoms with E-state index in [1.165, 1.54) is 11.1 Å². The zero-order chi connectivity index (χ0) is 18.0. The van der Waals surface area contributed by atoms with Crippen molar-refractivity contribution in [3.63, 3.8) is 0 Å². The second kappa shape index (κ2) is 7.88. The molecule has 4 heteroatoms. The molecule has 1 fully saturated rings. The van der Waals surface area contributed by atoms with Crippen LogP contribution in [0.15, 0.2) is 18.2 Å². The molecule has 0 aliphatic carbocycles. The Hall–Kier alpha value is -1.39. The highest BCUT2D eigenvalue weighted by Crippen LogP contribution is 2.34. The minimum absolute atomic E-state index is 0.267. The first-order chi connectivity index (χ1) is 12.0. The summed E-state index contributed by atoms with van der Waals surface area (Å²) in [5, 5.41) is 3.42. The fraction of sp³-hybridized carbons (Fsp3) is 0.667. The molecule has 1 aromatic rings. The number of piperazine rings is 1. The summed E-state index contributed by atoms with van der Waals surface area (Å²) in [5.74, 6) is 0.672. The summed E-state index contributed by atoms with van der Waals surface area (Å²) in [6, 6.07) is 7.59. The quantitative estimate of drug-likeness (QED) is 0.893. The molecule has 1 saturated heterocycles. The third kappa shape index (κ3) is 4.24. The third-order valence-electron chi connectivity index (χ3n) is 5.52. The molecule has 0 saturated carbocycles. The summed E-state index contributed by atoms with van der Waals surface area (Å²) in [7, 11) is 0. The summed E-state index contributed by atoms with van der Waals surface area (Å²) in [6.45, 7) is 13.2. The molecule has 1 aromatic carbocycles. The van der Waals surface area contributed by atoms with Gasteiger partial charge in [-0.05, 0) is 49.8 Å². The molecule has 25 heavy (non-hydrogen) atoms. The first-order valence-corrected chi connectivity index (χ1v) is 9.84. The number of nitrogens with one attached hydrogen (secondary N) is 1. The van der Waals surface area contributed by atoms with Crippen molar-refractivity contribution >= 4 is 11.6 Å². The largest absolute Gasteiger partial charge is 0.314 e. The van der Waals surface area contributed by atoms with Crippen molar-refractivity contribution in [3.05, 3.63) is 29.3 Å². The zero-order valence-corrected chi connectivity index (χ0v) is 16.2. The van der Waals surface area contributed by atoms with Crippen LogP contribution < -0.4 is 10.2 Å². The number of rotatable bonds is 5. The van der Waals surface area contributed by atoms with Gasteiger partial charge in [0, 0.05) is 50.4 Å². The molecular weight excluding hydrogens is 310 g/mol. The normalized spacial score (nSPS) is 22.3. The number of fused-ring (bicyclic) bond motifs is 1. The second-order valence-corrected chi connectivity index (χ2v) is 8.22. The van der Waals surface area contributed by atoms with E-state index in [4.69, 9.17) is 0 Å². The van der Waals surface area contributed by atoms with Gasteiger partial charge in [-0.15, -0.1) is 0 Å². The predicted molar refractivity (Wildman–Crippen MR) is 104 cm³/mol. The summed E-state index contributed by atoms with van der Waals surface area (Å²) < 4.78 is 0. The van der Waals surface area contributed by atoms with Gasteiger partial charge in [0.25, 0.3) is 0 Å². The molecule has 0 spiro atoms. The van der Waals surface area contributed by atoms with Crippen molar-refractivity contribution in [2.75, 3.05) is 31.1 Å². The van der Waals surface area contributed by atoms with Crippen LogP contribution in [0.2, 0.25) is 0 Å². The summed E-state index contributed by atoms with van der Waals surface area (Å²) >= 11 is 0. The number of nitrogens with zero attached hydrogens (tertiary/aromatic N) is 2. The molecule has 0 radical (unpaired) electrons. The van der Waals surface area contributed by atoms with Crippen molar-refractivity contribution < 1.29 is 4.79 Å². The molecule has 2 atom stereocenters. The number of benzene rings is 1. The highest BCUT2D eigenvalue weighted by Gasteiger charge is 2.31. The second-order valence-electron chi connectivity index (χ2n) is 8.22. The van der Waals surface area contributed by atoms with Crippen molar-refractivity contribution in [1.29, 1.82) is 0 Å². The molecule has 4 nitrogen and oxygen atoms in total. The lowest BCUT2D eigenvalue weighted by Crippen LogP contribution is -2.48. The molecule has 3 rings (SSSR count). The van der Waals surface area contributed by atoms with E-state index in [9.17, 15) is 4.79 Å². The molecule has 2 heterocycles. The number of hydrogen-bond acceptors (Lipinski definition) is 3. The van der Waals surface area contributed by atoms with Crippen LogP contribution in [-0.4, -0.2) is 49.1 Å². The van der Waals surface area contributed by atoms with E-state index in [1.807, 2.05) is 4.90 Å². The summed E-state index contributed by atoms with van der Waals surface area (Å²) in [5.41, 5.74) is 3.88. The van der Waals surface area contributed by atoms with Gasteiger partial charge in [-0.1, -0.05) is 26.0 Å². The standard InChI is InChI=1S/C21H33N3O/c1-15(2)11-21(25)24-17(4)13-19-14-18(5-6-20(19)24)12-16(3)23-9-7-22-8-10-23/h5-6,14-17,22H,7-13H2,1-4H3. The topological polar surface area (TPSA) is 35.6 Å². The lowest BCUT2D eigenvalue weighted by molar-refractivity contribution is -0.119. The number of anilines is 1. The van der Waals surface area contributed by atoms with Crippen LogP contribution in [0.25, 0.3) is 0 Å². The Labute approximate surface area is 152 Å². The number of carbonyl (C=O) groups excluding carboxylic acids is 1. The highest BCUT2D eigenvalue weighted by atomic mass is 16.2. The maximum atomic E-state index is 12.6. The van der Waals surface area contributed by atoms with Gasteiger partial charge in [-0.3, -0.25) is 9.69 Å². The van der Waals surface area contributed by atoms with Gasteiger partial charge < -0.3 is 10.2 Å². The Morgan fingerprint density at radius 2 is 1.96 bits per heavy atom. The number of carbonyl (C=O) groups is 1. The van der Waals surface area contributed by atoms with E-state index in [-0.39, 0.29) is 11.9 Å². The minimum atomic E-state index is 0.267. The van der Waals surface area contributed by atoms with Crippen molar-refractivity contribution in [3.8, 4) is 0 Å². The third-order valence-corrected chi connectivity index (χ3v) is 5.52. The van der Waals surface area contributed by atoms with Crippen molar-refractivity contribution in [2.24, 2.45) is 5.92 Å². The van der Waals surface area contributed by atoms with E-state index in [2.05, 4.69) is 56.1 Å². The lowest BCUT2D eigenvalue weighted by Gasteiger charge is -2.33. The molecule has 2 aliphatic rings. The Morgan fingerprint density at radius 1 is 1.24 bits per heavy atom. The van der Waals surface area contributed by atoms with Gasteiger partial charge in [-0.2, -0.15) is 0 Å². The fourth-order valence-electron chi connectivity index (χ4n) is 4.23. The van der Waals surface area contributed by atoms with Crippen LogP contribution in [-0.2, 0) is 17.6 Å². The molecule has 2 aliphatic heterocycles. The predicted octanol–water partition coefficient (Wildman–Crippen LogP) is 2.85. The van der Waals surface area contributed by atoms with Crippen LogP contribution in [0.3, 0.4) is 0 Å². The van der Waals surface area contributed by atoms with Gasteiger partial charge >= 0.3 is 0 Å². The number of hydrogen-bond donors (Lipinski definition) is 1. The van der Waals surface area contributed by atoms with E-state index in [0.29, 0.717) is 18.4 Å². The van der Waals surface area contributed by atoms with E-state index >= 15 is 0 Å². The Bertz CT molecular complexity index is 607. The molecular formula is C21H33N3O. The molecule has 0 bridgehead atoms. The first kappa shape index (κ1) is 18.4. The van der Waals surface area contributed by atoms with Crippen molar-refractivity contribution in [1.82, 2.24) is 10.2 Å². The van der Waals surface area contributed by atoms with Crippen molar-refractivity contribution in [2.45, 2.75) is 59.0 Å². The molecule has 2 unspecified atom stereocenters. The molecule has 138 valence electrons. The minimum Gasteiger partial charge on any atom is -0.314 e. The van der Waals surface area contributed by atoms with E-state index < -0.39 is 0 Å². The van der Waals surface area contributed by atoms with Crippen LogP contribution >= 0.6 is 0 Å². The highest BCUT2D eigenvalue weighted by molar-refractivity contribution is 5.96. The molecule has 0 aromatic heterocycles. The average molecular weight is 344 g/mol. The van der Waals surface area contributed by atoms with E-state index in [0.717, 1.165) is 44.7 Å². The average Bonchev–Trinajstić information content (AvgIpc) is 2.90. The number of amides is 1. The van der Waals surface area contributed by atoms with Crippen LogP contribution in [0, 0.1) is 5.92 Å². The monoisotopic (exact) mass is 343 g/mol. The van der Waals surface area contributed by atoms with Crippen LogP contribution in [0.4, 0.5) is 5.69 Å². The van der Waals surface area contributed by atoms with Gasteiger partial charge in [0.15, 0.2) is 0 Å². The maximum Gasteiger partial charge on any atom is 0.227 e. The SMILES string of the molecule is CC(C)CC(=O)N1c2ccc(CC(C)N3CCNCC3)cc2CC1C.